The third-order valence-electron chi connectivity index (χ3n) is 5.01. The van der Waals surface area contributed by atoms with Gasteiger partial charge in [-0.25, -0.2) is 8.42 Å². The van der Waals surface area contributed by atoms with Crippen molar-refractivity contribution in [3.63, 3.8) is 0 Å². The molecule has 3 rings (SSSR count). The number of methoxy groups -OCH3 is 1. The molecule has 0 radical (unpaired) electrons. The molecule has 2 aromatic rings. The van der Waals surface area contributed by atoms with Gasteiger partial charge in [0.1, 0.15) is 9.96 Å². The highest BCUT2D eigenvalue weighted by Crippen LogP contribution is 2.24. The number of thiophene rings is 1. The van der Waals surface area contributed by atoms with Crippen LogP contribution in [0.1, 0.15) is 11.6 Å². The molecule has 0 unspecified atom stereocenters. The van der Waals surface area contributed by atoms with E-state index in [1.165, 1.54) is 13.1 Å². The number of morpholine rings is 1. The first-order valence-corrected chi connectivity index (χ1v) is 12.0. The van der Waals surface area contributed by atoms with Gasteiger partial charge < -0.3 is 14.8 Å². The molecule has 1 aliphatic rings. The third kappa shape index (κ3) is 5.58. The maximum absolute atomic E-state index is 12.5. The van der Waals surface area contributed by atoms with E-state index in [9.17, 15) is 13.2 Å². The number of sulfonamides is 1. The van der Waals surface area contributed by atoms with Gasteiger partial charge in [0.15, 0.2) is 0 Å². The quantitative estimate of drug-likeness (QED) is 0.620. The van der Waals surface area contributed by atoms with E-state index in [1.54, 1.807) is 18.6 Å². The SMILES string of the molecule is COc1ccc([C@H](CNC(=O)CN(C)S(=O)(=O)c2cccs2)N2CCOCC2)cc1. The average molecular weight is 454 g/mol. The Labute approximate surface area is 181 Å². The van der Waals surface area contributed by atoms with Crippen LogP contribution >= 0.6 is 11.3 Å². The van der Waals surface area contributed by atoms with E-state index in [2.05, 4.69) is 10.2 Å². The predicted octanol–water partition coefficient (Wildman–Crippen LogP) is 1.57. The lowest BCUT2D eigenvalue weighted by molar-refractivity contribution is -0.121. The van der Waals surface area contributed by atoms with Gasteiger partial charge in [0.25, 0.3) is 10.0 Å². The lowest BCUT2D eigenvalue weighted by Crippen LogP contribution is -2.45. The van der Waals surface area contributed by atoms with E-state index >= 15 is 0 Å². The van der Waals surface area contributed by atoms with Crippen molar-refractivity contribution in [2.45, 2.75) is 10.3 Å². The molecule has 10 heteroatoms. The largest absolute Gasteiger partial charge is 0.497 e. The van der Waals surface area contributed by atoms with Crippen molar-refractivity contribution in [1.29, 1.82) is 0 Å². The second-order valence-corrected chi connectivity index (χ2v) is 10.2. The molecule has 1 aromatic carbocycles. The minimum absolute atomic E-state index is 0.0389. The summed E-state index contributed by atoms with van der Waals surface area (Å²) < 4.78 is 37.0. The second kappa shape index (κ2) is 10.4. The fourth-order valence-electron chi connectivity index (χ4n) is 3.29. The Morgan fingerprint density at radius 2 is 1.97 bits per heavy atom. The molecule has 1 N–H and O–H groups in total. The number of carbonyl (C=O) groups is 1. The molecule has 2 heterocycles. The summed E-state index contributed by atoms with van der Waals surface area (Å²) in [5, 5.41) is 4.60. The molecule has 1 saturated heterocycles. The monoisotopic (exact) mass is 453 g/mol. The van der Waals surface area contributed by atoms with Crippen LogP contribution in [0.25, 0.3) is 0 Å². The van der Waals surface area contributed by atoms with E-state index in [-0.39, 0.29) is 22.7 Å². The van der Waals surface area contributed by atoms with Crippen LogP contribution in [0.5, 0.6) is 5.75 Å². The lowest BCUT2D eigenvalue weighted by atomic mass is 10.0. The molecule has 1 fully saturated rings. The Hall–Kier alpha value is -1.98. The molecule has 0 bridgehead atoms. The third-order valence-corrected chi connectivity index (χ3v) is 8.18. The van der Waals surface area contributed by atoms with Gasteiger partial charge in [0.2, 0.25) is 5.91 Å². The van der Waals surface area contributed by atoms with Crippen molar-refractivity contribution in [3.05, 3.63) is 47.3 Å². The molecule has 0 saturated carbocycles. The fraction of sp³-hybridized carbons (Fsp3) is 0.450. The maximum atomic E-state index is 12.5. The van der Waals surface area contributed by atoms with Gasteiger partial charge in [-0.05, 0) is 29.1 Å². The van der Waals surface area contributed by atoms with Gasteiger partial charge in [0, 0.05) is 26.7 Å². The number of hydrogen-bond donors (Lipinski definition) is 1. The van der Waals surface area contributed by atoms with Crippen LogP contribution in [-0.4, -0.2) is 77.1 Å². The van der Waals surface area contributed by atoms with Crippen molar-refractivity contribution >= 4 is 27.3 Å². The molecule has 8 nitrogen and oxygen atoms in total. The highest BCUT2D eigenvalue weighted by molar-refractivity contribution is 7.91. The Morgan fingerprint density at radius 1 is 1.27 bits per heavy atom. The maximum Gasteiger partial charge on any atom is 0.252 e. The minimum atomic E-state index is -3.66. The normalized spacial score (nSPS) is 16.4. The zero-order valence-corrected chi connectivity index (χ0v) is 18.7. The summed E-state index contributed by atoms with van der Waals surface area (Å²) in [4.78, 5) is 14.8. The Kier molecular flexibility index (Phi) is 7.84. The molecular weight excluding hydrogens is 426 g/mol. The van der Waals surface area contributed by atoms with Crippen LogP contribution in [-0.2, 0) is 19.6 Å². The Balaban J connectivity index is 1.64. The topological polar surface area (TPSA) is 88.2 Å². The first-order valence-electron chi connectivity index (χ1n) is 9.64. The summed E-state index contributed by atoms with van der Waals surface area (Å²) in [7, 11) is -0.625. The van der Waals surface area contributed by atoms with Crippen molar-refractivity contribution in [1.82, 2.24) is 14.5 Å². The molecule has 0 spiro atoms. The number of nitrogens with one attached hydrogen (secondary N) is 1. The van der Waals surface area contributed by atoms with Gasteiger partial charge in [-0.2, -0.15) is 4.31 Å². The Bertz CT molecular complexity index is 910. The minimum Gasteiger partial charge on any atom is -0.497 e. The smallest absolute Gasteiger partial charge is 0.252 e. The molecule has 1 aromatic heterocycles. The number of likely N-dealkylation sites (N-methyl/N-ethyl adjacent to an activating group) is 1. The number of ether oxygens (including phenoxy) is 2. The van der Waals surface area contributed by atoms with Crippen molar-refractivity contribution in [2.75, 3.05) is 53.6 Å². The van der Waals surface area contributed by atoms with Crippen molar-refractivity contribution < 1.29 is 22.7 Å². The zero-order chi connectivity index (χ0) is 21.6. The predicted molar refractivity (Wildman–Crippen MR) is 115 cm³/mol. The Morgan fingerprint density at radius 3 is 2.57 bits per heavy atom. The number of amides is 1. The van der Waals surface area contributed by atoms with Crippen LogP contribution < -0.4 is 10.1 Å². The van der Waals surface area contributed by atoms with Crippen molar-refractivity contribution in [2.24, 2.45) is 0 Å². The summed E-state index contributed by atoms with van der Waals surface area (Å²) in [6.45, 7) is 2.94. The molecule has 1 amide bonds. The van der Waals surface area contributed by atoms with Gasteiger partial charge in [0.05, 0.1) is 32.9 Å². The van der Waals surface area contributed by atoms with E-state index in [4.69, 9.17) is 9.47 Å². The number of rotatable bonds is 9. The molecule has 1 atom stereocenters. The highest BCUT2D eigenvalue weighted by atomic mass is 32.2. The highest BCUT2D eigenvalue weighted by Gasteiger charge is 2.26. The fourth-order valence-corrected chi connectivity index (χ4v) is 5.62. The first-order chi connectivity index (χ1) is 14.4. The van der Waals surface area contributed by atoms with E-state index < -0.39 is 10.0 Å². The second-order valence-electron chi connectivity index (χ2n) is 6.93. The average Bonchev–Trinajstić information content (AvgIpc) is 3.31. The molecule has 1 aliphatic heterocycles. The molecule has 0 aliphatic carbocycles. The first kappa shape index (κ1) is 22.7. The van der Waals surface area contributed by atoms with Crippen LogP contribution in [0.15, 0.2) is 46.0 Å². The van der Waals surface area contributed by atoms with E-state index in [0.717, 1.165) is 40.0 Å². The van der Waals surface area contributed by atoms with Crippen LogP contribution in [0.2, 0.25) is 0 Å². The van der Waals surface area contributed by atoms with Gasteiger partial charge in [-0.15, -0.1) is 11.3 Å². The van der Waals surface area contributed by atoms with Crippen LogP contribution in [0.3, 0.4) is 0 Å². The number of benzene rings is 1. The number of hydrogen-bond acceptors (Lipinski definition) is 7. The molecular formula is C20H27N3O5S2. The van der Waals surface area contributed by atoms with E-state index in [0.29, 0.717) is 19.8 Å². The van der Waals surface area contributed by atoms with E-state index in [1.807, 2.05) is 24.3 Å². The summed E-state index contributed by atoms with van der Waals surface area (Å²) in [5.74, 6) is 0.424. The van der Waals surface area contributed by atoms with Gasteiger partial charge in [-0.1, -0.05) is 18.2 Å². The summed E-state index contributed by atoms with van der Waals surface area (Å²) >= 11 is 1.13. The van der Waals surface area contributed by atoms with Crippen LogP contribution in [0, 0.1) is 0 Å². The van der Waals surface area contributed by atoms with Gasteiger partial charge >= 0.3 is 0 Å². The lowest BCUT2D eigenvalue weighted by Gasteiger charge is -2.35. The number of carbonyl (C=O) groups excluding carboxylic acids is 1. The van der Waals surface area contributed by atoms with Crippen LogP contribution in [0.4, 0.5) is 0 Å². The van der Waals surface area contributed by atoms with Crippen molar-refractivity contribution in [3.8, 4) is 5.75 Å². The summed E-state index contributed by atoms with van der Waals surface area (Å²) in [6, 6.07) is 10.9. The van der Waals surface area contributed by atoms with Gasteiger partial charge in [-0.3, -0.25) is 9.69 Å². The zero-order valence-electron chi connectivity index (χ0n) is 17.1. The molecule has 30 heavy (non-hydrogen) atoms. The summed E-state index contributed by atoms with van der Waals surface area (Å²) in [5.41, 5.74) is 1.05. The molecule has 164 valence electrons. The number of nitrogens with zero attached hydrogens (tertiary/aromatic N) is 2. The standard InChI is InChI=1S/C20H27N3O5S2/c1-22(30(25,26)20-4-3-13-29-20)15-19(24)21-14-18(23-9-11-28-12-10-23)16-5-7-17(27-2)8-6-16/h3-8,13,18H,9-12,14-15H2,1-2H3,(H,21,24)/t18-/m0/s1. The summed E-state index contributed by atoms with van der Waals surface area (Å²) in [6.07, 6.45) is 0.